The number of para-hydroxylation sites is 1. The van der Waals surface area contributed by atoms with Crippen LogP contribution in [0.2, 0.25) is 0 Å². The standard InChI is InChI=1S/C42H50N5O7PS/c1-26(2)53-42(51)28(4)45-55(52,54-34-11-6-5-7-12-34)25-29-13-16-37-31(19-29)20-38(56-37)39(48)44-21-30-9-8-10-33-14-15-36(47(33)40(30)49)41(50)46-23-32(24-46)35-22-43-18-17-27(35)3/h5-7,11-13,16-20,22,26,28,30,32-33,36H,8-10,14-15,21,23-25H2,1-4H3,(H,44,48)(H,45,52)/t28-,30?,33-,36-,55?/m0/s1. The molecular formula is C42H50N5O7PS. The molecule has 3 saturated heterocycles. The van der Waals surface area contributed by atoms with Crippen LogP contribution in [-0.2, 0) is 29.8 Å². The third-order valence-electron chi connectivity index (χ3n) is 11.0. The number of carbonyl (C=O) groups is 4. The highest BCUT2D eigenvalue weighted by molar-refractivity contribution is 7.56. The highest BCUT2D eigenvalue weighted by atomic mass is 32.1. The summed E-state index contributed by atoms with van der Waals surface area (Å²) < 4.78 is 26.5. The number of aromatic nitrogens is 1. The maximum atomic E-state index is 14.3. The maximum Gasteiger partial charge on any atom is 0.323 e. The van der Waals surface area contributed by atoms with Crippen LogP contribution >= 0.6 is 18.9 Å². The summed E-state index contributed by atoms with van der Waals surface area (Å²) in [4.78, 5) is 62.4. The van der Waals surface area contributed by atoms with Gasteiger partial charge in [0.2, 0.25) is 11.8 Å². The molecule has 3 fully saturated rings. The number of rotatable bonds is 13. The lowest BCUT2D eigenvalue weighted by Gasteiger charge is -2.43. The Morgan fingerprint density at radius 3 is 2.54 bits per heavy atom. The van der Waals surface area contributed by atoms with Gasteiger partial charge in [0.15, 0.2) is 0 Å². The van der Waals surface area contributed by atoms with E-state index >= 15 is 0 Å². The first-order valence-corrected chi connectivity index (χ1v) is 22.1. The van der Waals surface area contributed by atoms with E-state index in [1.165, 1.54) is 22.5 Å². The van der Waals surface area contributed by atoms with Crippen LogP contribution in [0, 0.1) is 12.8 Å². The zero-order valence-electron chi connectivity index (χ0n) is 32.3. The summed E-state index contributed by atoms with van der Waals surface area (Å²) in [7, 11) is -3.67. The predicted molar refractivity (Wildman–Crippen MR) is 216 cm³/mol. The number of likely N-dealkylation sites (tertiary alicyclic amines) is 1. The molecule has 0 spiro atoms. The van der Waals surface area contributed by atoms with Crippen LogP contribution in [0.3, 0.4) is 0 Å². The smallest absolute Gasteiger partial charge is 0.323 e. The van der Waals surface area contributed by atoms with Gasteiger partial charge in [0.05, 0.1) is 23.1 Å². The van der Waals surface area contributed by atoms with E-state index in [0.29, 0.717) is 42.1 Å². The van der Waals surface area contributed by atoms with Crippen molar-refractivity contribution in [3.8, 4) is 5.75 Å². The van der Waals surface area contributed by atoms with Gasteiger partial charge in [-0.25, -0.2) is 5.09 Å². The third kappa shape index (κ3) is 8.85. The van der Waals surface area contributed by atoms with Gasteiger partial charge in [0.25, 0.3) is 5.91 Å². The second-order valence-corrected chi connectivity index (χ2v) is 18.7. The summed E-state index contributed by atoms with van der Waals surface area (Å²) in [6.07, 6.45) is 7.18. The normalized spacial score (nSPS) is 21.5. The monoisotopic (exact) mass is 799 g/mol. The molecular weight excluding hydrogens is 750 g/mol. The van der Waals surface area contributed by atoms with Gasteiger partial charge in [-0.05, 0) is 112 Å². The molecule has 56 heavy (non-hydrogen) atoms. The van der Waals surface area contributed by atoms with Gasteiger partial charge in [-0.15, -0.1) is 11.3 Å². The summed E-state index contributed by atoms with van der Waals surface area (Å²) in [6, 6.07) is 16.9. The van der Waals surface area contributed by atoms with Crippen LogP contribution in [-0.4, -0.2) is 82.3 Å². The molecule has 2 N–H and O–H groups in total. The van der Waals surface area contributed by atoms with E-state index in [2.05, 4.69) is 22.3 Å². The number of carbonyl (C=O) groups excluding carboxylic acids is 4. The molecule has 4 aromatic rings. The Bertz CT molecular complexity index is 2140. The number of esters is 1. The number of nitrogens with one attached hydrogen (secondary N) is 2. The van der Waals surface area contributed by atoms with Gasteiger partial charge >= 0.3 is 13.5 Å². The Kier molecular flexibility index (Phi) is 11.9. The Morgan fingerprint density at radius 2 is 1.79 bits per heavy atom. The molecule has 5 heterocycles. The number of nitrogens with zero attached hydrogens (tertiary/aromatic N) is 3. The number of hydrogen-bond acceptors (Lipinski definition) is 9. The Morgan fingerprint density at radius 1 is 1.00 bits per heavy atom. The molecule has 296 valence electrons. The number of benzene rings is 2. The highest BCUT2D eigenvalue weighted by Crippen LogP contribution is 2.47. The number of amides is 3. The molecule has 2 unspecified atom stereocenters. The fourth-order valence-corrected chi connectivity index (χ4v) is 11.1. The van der Waals surface area contributed by atoms with Gasteiger partial charge in [-0.1, -0.05) is 30.7 Å². The first kappa shape index (κ1) is 39.6. The van der Waals surface area contributed by atoms with Gasteiger partial charge in [0.1, 0.15) is 17.8 Å². The van der Waals surface area contributed by atoms with E-state index in [-0.39, 0.29) is 48.5 Å². The molecule has 3 aliphatic rings. The van der Waals surface area contributed by atoms with E-state index < -0.39 is 31.5 Å². The molecule has 7 rings (SSSR count). The lowest BCUT2D eigenvalue weighted by atomic mass is 9.89. The number of aryl methyl sites for hydroxylation is 1. The molecule has 0 saturated carbocycles. The number of thiophene rings is 1. The second-order valence-electron chi connectivity index (χ2n) is 15.6. The lowest BCUT2D eigenvalue weighted by Crippen LogP contribution is -2.57. The largest absolute Gasteiger partial charge is 0.462 e. The van der Waals surface area contributed by atoms with Crippen LogP contribution in [0.4, 0.5) is 0 Å². The van der Waals surface area contributed by atoms with Gasteiger partial charge in [-0.3, -0.25) is 28.7 Å². The number of fused-ring (bicyclic) bond motifs is 2. The number of pyridine rings is 1. The van der Waals surface area contributed by atoms with Crippen LogP contribution < -0.4 is 14.9 Å². The summed E-state index contributed by atoms with van der Waals surface area (Å²) >= 11 is 1.34. The zero-order chi connectivity index (χ0) is 39.6. The van der Waals surface area contributed by atoms with Crippen LogP contribution in [0.25, 0.3) is 10.1 Å². The molecule has 5 atom stereocenters. The van der Waals surface area contributed by atoms with Crippen molar-refractivity contribution in [1.29, 1.82) is 0 Å². The van der Waals surface area contributed by atoms with Crippen LogP contribution in [0.5, 0.6) is 5.75 Å². The number of ether oxygens (including phenoxy) is 1. The molecule has 0 aliphatic carbocycles. The van der Waals surface area contributed by atoms with Gasteiger partial charge in [0, 0.05) is 48.7 Å². The molecule has 3 aliphatic heterocycles. The summed E-state index contributed by atoms with van der Waals surface area (Å²) in [5, 5.41) is 6.73. The quantitative estimate of drug-likeness (QED) is 0.110. The molecule has 0 radical (unpaired) electrons. The van der Waals surface area contributed by atoms with Crippen molar-refractivity contribution >= 4 is 52.6 Å². The third-order valence-corrected chi connectivity index (χ3v) is 14.2. The Balaban J connectivity index is 0.987. The van der Waals surface area contributed by atoms with Crippen molar-refractivity contribution in [3.63, 3.8) is 0 Å². The van der Waals surface area contributed by atoms with Gasteiger partial charge < -0.3 is 24.4 Å². The van der Waals surface area contributed by atoms with Crippen molar-refractivity contribution in [1.82, 2.24) is 25.2 Å². The van der Waals surface area contributed by atoms with Crippen LogP contribution in [0.15, 0.2) is 73.1 Å². The number of hydrogen-bond donors (Lipinski definition) is 2. The highest BCUT2D eigenvalue weighted by Gasteiger charge is 2.47. The summed E-state index contributed by atoms with van der Waals surface area (Å²) in [6.45, 7) is 8.62. The predicted octanol–water partition coefficient (Wildman–Crippen LogP) is 6.82. The van der Waals surface area contributed by atoms with Crippen molar-refractivity contribution in [2.45, 2.75) is 96.1 Å². The fraction of sp³-hybridized carbons (Fsp3) is 0.452. The fourth-order valence-electron chi connectivity index (χ4n) is 8.12. The second kappa shape index (κ2) is 16.9. The molecule has 14 heteroatoms. The minimum atomic E-state index is -3.67. The van der Waals surface area contributed by atoms with Crippen molar-refractivity contribution < 1.29 is 33.0 Å². The molecule has 0 bridgehead atoms. The van der Waals surface area contributed by atoms with E-state index in [0.717, 1.165) is 29.3 Å². The van der Waals surface area contributed by atoms with Crippen molar-refractivity contribution in [3.05, 3.63) is 94.6 Å². The molecule has 2 aromatic heterocycles. The molecule has 2 aromatic carbocycles. The lowest BCUT2D eigenvalue weighted by molar-refractivity contribution is -0.149. The Labute approximate surface area is 331 Å². The average molecular weight is 800 g/mol. The minimum absolute atomic E-state index is 0.0121. The zero-order valence-corrected chi connectivity index (χ0v) is 34.0. The first-order chi connectivity index (χ1) is 26.9. The summed E-state index contributed by atoms with van der Waals surface area (Å²) in [5.74, 6) is -0.577. The maximum absolute atomic E-state index is 14.3. The van der Waals surface area contributed by atoms with E-state index in [1.807, 2.05) is 46.3 Å². The molecule has 12 nitrogen and oxygen atoms in total. The van der Waals surface area contributed by atoms with Crippen molar-refractivity contribution in [2.24, 2.45) is 5.92 Å². The Hall–Kier alpha value is -4.58. The van der Waals surface area contributed by atoms with Crippen molar-refractivity contribution in [2.75, 3.05) is 19.6 Å². The minimum Gasteiger partial charge on any atom is -0.462 e. The van der Waals surface area contributed by atoms with E-state index in [9.17, 15) is 23.7 Å². The first-order valence-electron chi connectivity index (χ1n) is 19.5. The summed E-state index contributed by atoms with van der Waals surface area (Å²) in [5.41, 5.74) is 3.05. The van der Waals surface area contributed by atoms with E-state index in [1.54, 1.807) is 57.3 Å². The van der Waals surface area contributed by atoms with Gasteiger partial charge in [-0.2, -0.15) is 0 Å². The molecule has 3 amide bonds. The SMILES string of the molecule is Cc1ccncc1C1CN(C(=O)[C@@H]2CC[C@@H]3CCCC(CNC(=O)c4cc5cc(CP(=O)(N[C@@H](C)C(=O)OC(C)C)Oc6ccccc6)ccc5s4)C(=O)N32)C1. The van der Waals surface area contributed by atoms with E-state index in [4.69, 9.17) is 9.26 Å². The van der Waals surface area contributed by atoms with Crippen LogP contribution in [0.1, 0.15) is 85.2 Å². The average Bonchev–Trinajstić information content (AvgIpc) is 3.73. The topological polar surface area (TPSA) is 147 Å².